The Morgan fingerprint density at radius 3 is 1.78 bits per heavy atom. The van der Waals surface area contributed by atoms with E-state index in [2.05, 4.69) is 25.8 Å². The molecule has 1 rings (SSSR count). The van der Waals surface area contributed by atoms with Crippen molar-refractivity contribution in [2.75, 3.05) is 0 Å². The summed E-state index contributed by atoms with van der Waals surface area (Å²) in [5, 5.41) is 0. The SMILES string of the molecule is CCC[CH2][Sn]([CH2]CCC)([CH2]CCC)[c]1cccnc1C(F)(F)F. The van der Waals surface area contributed by atoms with E-state index in [-0.39, 0.29) is 0 Å². The second-order valence-electron chi connectivity index (χ2n) is 6.49. The van der Waals surface area contributed by atoms with E-state index in [1.54, 1.807) is 12.1 Å². The van der Waals surface area contributed by atoms with Crippen molar-refractivity contribution in [3.8, 4) is 0 Å². The van der Waals surface area contributed by atoms with Gasteiger partial charge in [-0.15, -0.1) is 0 Å². The second kappa shape index (κ2) is 9.90. The molecule has 0 atom stereocenters. The van der Waals surface area contributed by atoms with Crippen LogP contribution in [-0.2, 0) is 6.18 Å². The summed E-state index contributed by atoms with van der Waals surface area (Å²) >= 11 is -3.08. The van der Waals surface area contributed by atoms with E-state index < -0.39 is 30.2 Å². The molecule has 0 aliphatic carbocycles. The van der Waals surface area contributed by atoms with Gasteiger partial charge in [-0.05, 0) is 0 Å². The molecular formula is C18H30F3NSn. The number of nitrogens with zero attached hydrogens (tertiary/aromatic N) is 1. The monoisotopic (exact) mass is 437 g/mol. The predicted octanol–water partition coefficient (Wildman–Crippen LogP) is 6.16. The zero-order valence-corrected chi connectivity index (χ0v) is 17.5. The molecule has 0 N–H and O–H groups in total. The third-order valence-electron chi connectivity index (χ3n) is 4.67. The molecule has 1 heterocycles. The predicted molar refractivity (Wildman–Crippen MR) is 93.8 cm³/mol. The Labute approximate surface area is 143 Å². The van der Waals surface area contributed by atoms with Gasteiger partial charge in [0.25, 0.3) is 0 Å². The van der Waals surface area contributed by atoms with Crippen molar-refractivity contribution in [1.29, 1.82) is 0 Å². The summed E-state index contributed by atoms with van der Waals surface area (Å²) in [6.07, 6.45) is 3.28. The van der Waals surface area contributed by atoms with E-state index in [4.69, 9.17) is 0 Å². The molecule has 1 nitrogen and oxygen atoms in total. The number of hydrogen-bond acceptors (Lipinski definition) is 1. The molecule has 0 fully saturated rings. The van der Waals surface area contributed by atoms with Gasteiger partial charge in [0.15, 0.2) is 0 Å². The van der Waals surface area contributed by atoms with Gasteiger partial charge < -0.3 is 0 Å². The maximum absolute atomic E-state index is 13.5. The summed E-state index contributed by atoms with van der Waals surface area (Å²) < 4.78 is 44.3. The Morgan fingerprint density at radius 2 is 1.39 bits per heavy atom. The van der Waals surface area contributed by atoms with Crippen molar-refractivity contribution >= 4 is 22.0 Å². The van der Waals surface area contributed by atoms with Gasteiger partial charge in [0.1, 0.15) is 0 Å². The Balaban J connectivity index is 3.35. The molecule has 23 heavy (non-hydrogen) atoms. The summed E-state index contributed by atoms with van der Waals surface area (Å²) in [5.74, 6) is 0. The third kappa shape index (κ3) is 5.95. The molecular weight excluding hydrogens is 406 g/mol. The number of halogens is 3. The van der Waals surface area contributed by atoms with E-state index in [0.717, 1.165) is 51.8 Å². The van der Waals surface area contributed by atoms with E-state index in [1.807, 2.05) is 0 Å². The summed E-state index contributed by atoms with van der Waals surface area (Å²) in [7, 11) is 0. The fraction of sp³-hybridized carbons (Fsp3) is 0.722. The summed E-state index contributed by atoms with van der Waals surface area (Å²) in [5.41, 5.74) is -0.584. The Morgan fingerprint density at radius 1 is 0.913 bits per heavy atom. The van der Waals surface area contributed by atoms with Crippen LogP contribution in [0.2, 0.25) is 13.3 Å². The molecule has 5 heteroatoms. The minimum absolute atomic E-state index is 0.584. The number of rotatable bonds is 10. The van der Waals surface area contributed by atoms with Crippen LogP contribution in [0.3, 0.4) is 0 Å². The van der Waals surface area contributed by atoms with Gasteiger partial charge >= 0.3 is 143 Å². The quantitative estimate of drug-likeness (QED) is 0.401. The molecule has 0 spiro atoms. The molecule has 0 amide bonds. The van der Waals surface area contributed by atoms with E-state index in [0.29, 0.717) is 3.58 Å². The molecule has 132 valence electrons. The second-order valence-corrected chi connectivity index (χ2v) is 19.6. The van der Waals surface area contributed by atoms with Crippen molar-refractivity contribution in [2.45, 2.75) is 78.8 Å². The van der Waals surface area contributed by atoms with Crippen LogP contribution < -0.4 is 3.58 Å². The summed E-state index contributed by atoms with van der Waals surface area (Å²) in [6.45, 7) is 6.39. The normalized spacial score (nSPS) is 12.6. The van der Waals surface area contributed by atoms with Crippen molar-refractivity contribution in [1.82, 2.24) is 4.98 Å². The molecule has 0 aromatic carbocycles. The maximum atomic E-state index is 13.5. The van der Waals surface area contributed by atoms with Crippen LogP contribution in [0.4, 0.5) is 13.2 Å². The Hall–Kier alpha value is -0.261. The summed E-state index contributed by atoms with van der Waals surface area (Å²) in [6, 6.07) is 3.47. The molecule has 1 aromatic rings. The Bertz CT molecular complexity index is 438. The van der Waals surface area contributed by atoms with E-state index in [9.17, 15) is 13.2 Å². The van der Waals surface area contributed by atoms with Crippen LogP contribution in [0, 0.1) is 0 Å². The molecule has 0 saturated carbocycles. The fourth-order valence-electron chi connectivity index (χ4n) is 3.38. The van der Waals surface area contributed by atoms with Crippen LogP contribution >= 0.6 is 0 Å². The fourth-order valence-corrected chi connectivity index (χ4v) is 20.0. The average Bonchev–Trinajstić information content (AvgIpc) is 2.54. The average molecular weight is 436 g/mol. The number of hydrogen-bond donors (Lipinski definition) is 0. The van der Waals surface area contributed by atoms with Gasteiger partial charge in [0.05, 0.1) is 0 Å². The first-order valence-corrected chi connectivity index (χ1v) is 16.4. The number of alkyl halides is 3. The van der Waals surface area contributed by atoms with Gasteiger partial charge in [0.2, 0.25) is 0 Å². The van der Waals surface area contributed by atoms with Gasteiger partial charge in [-0.1, -0.05) is 0 Å². The van der Waals surface area contributed by atoms with Gasteiger partial charge in [-0.2, -0.15) is 0 Å². The van der Waals surface area contributed by atoms with Crippen LogP contribution in [0.1, 0.15) is 65.0 Å². The Kier molecular flexibility index (Phi) is 8.94. The topological polar surface area (TPSA) is 12.9 Å². The number of aromatic nitrogens is 1. The first-order chi connectivity index (χ1) is 10.9. The van der Waals surface area contributed by atoms with Crippen molar-refractivity contribution < 1.29 is 13.2 Å². The van der Waals surface area contributed by atoms with Crippen LogP contribution in [-0.4, -0.2) is 23.4 Å². The summed E-state index contributed by atoms with van der Waals surface area (Å²) in [4.78, 5) is 3.77. The third-order valence-corrected chi connectivity index (χ3v) is 20.3. The van der Waals surface area contributed by atoms with Gasteiger partial charge in [-0.25, -0.2) is 0 Å². The molecule has 0 saturated heterocycles. The standard InChI is InChI=1S/C6H3F3N.3C4H9.Sn/c7-6(8,9)5-3-1-2-4-10-5;3*1-3-4-2;/h1-2,4H;3*1,3-4H2,2H3;. The first-order valence-electron chi connectivity index (χ1n) is 8.94. The number of unbranched alkanes of at least 4 members (excludes halogenated alkanes) is 3. The van der Waals surface area contributed by atoms with Crippen molar-refractivity contribution in [3.05, 3.63) is 24.0 Å². The van der Waals surface area contributed by atoms with Gasteiger partial charge in [0, 0.05) is 0 Å². The molecule has 0 radical (unpaired) electrons. The first kappa shape index (κ1) is 20.8. The molecule has 0 bridgehead atoms. The van der Waals surface area contributed by atoms with Crippen LogP contribution in [0.25, 0.3) is 0 Å². The zero-order chi connectivity index (χ0) is 17.3. The molecule has 0 aliphatic rings. The van der Waals surface area contributed by atoms with Crippen LogP contribution in [0.5, 0.6) is 0 Å². The van der Waals surface area contributed by atoms with E-state index in [1.165, 1.54) is 6.20 Å². The zero-order valence-electron chi connectivity index (χ0n) is 14.7. The van der Waals surface area contributed by atoms with Crippen molar-refractivity contribution in [3.63, 3.8) is 0 Å². The van der Waals surface area contributed by atoms with Gasteiger partial charge in [-0.3, -0.25) is 0 Å². The molecule has 0 aliphatic heterocycles. The van der Waals surface area contributed by atoms with Crippen LogP contribution in [0.15, 0.2) is 18.3 Å². The molecule has 0 unspecified atom stereocenters. The molecule has 1 aromatic heterocycles. The number of pyridine rings is 1. The van der Waals surface area contributed by atoms with E-state index >= 15 is 0 Å². The minimum atomic E-state index is -4.33. The van der Waals surface area contributed by atoms with Crippen molar-refractivity contribution in [2.24, 2.45) is 0 Å².